The molecule has 140 valence electrons. The van der Waals surface area contributed by atoms with E-state index in [1.165, 1.54) is 24.3 Å². The van der Waals surface area contributed by atoms with Gasteiger partial charge in [0.1, 0.15) is 11.5 Å². The summed E-state index contributed by atoms with van der Waals surface area (Å²) in [7, 11) is 0. The van der Waals surface area contributed by atoms with Crippen LogP contribution in [0.5, 0.6) is 11.5 Å². The van der Waals surface area contributed by atoms with Crippen LogP contribution in [-0.2, 0) is 11.2 Å². The summed E-state index contributed by atoms with van der Waals surface area (Å²) in [5, 5.41) is 2.76. The van der Waals surface area contributed by atoms with Crippen molar-refractivity contribution in [1.29, 1.82) is 0 Å². The van der Waals surface area contributed by atoms with E-state index in [1.807, 2.05) is 19.9 Å². The fourth-order valence-electron chi connectivity index (χ4n) is 2.14. The number of hydrogen-bond donors (Lipinski definition) is 1. The minimum Gasteiger partial charge on any atom is -0.491 e. The van der Waals surface area contributed by atoms with Gasteiger partial charge < -0.3 is 14.8 Å². The molecule has 0 fully saturated rings. The number of halogens is 3. The Morgan fingerprint density at radius 1 is 1.08 bits per heavy atom. The largest absolute Gasteiger partial charge is 0.573 e. The summed E-state index contributed by atoms with van der Waals surface area (Å²) in [5.41, 5.74) is 1.12. The third-order valence-corrected chi connectivity index (χ3v) is 3.25. The van der Waals surface area contributed by atoms with Crippen molar-refractivity contribution in [2.75, 3.05) is 11.9 Å². The maximum atomic E-state index is 12.2. The summed E-state index contributed by atoms with van der Waals surface area (Å²) >= 11 is 0. The van der Waals surface area contributed by atoms with Crippen molar-refractivity contribution in [3.8, 4) is 11.5 Å². The lowest BCUT2D eigenvalue weighted by Gasteiger charge is -2.14. The van der Waals surface area contributed by atoms with Crippen molar-refractivity contribution in [3.05, 3.63) is 54.1 Å². The molecule has 7 heteroatoms. The summed E-state index contributed by atoms with van der Waals surface area (Å²) in [6.07, 6.45) is -4.72. The van der Waals surface area contributed by atoms with Crippen LogP contribution in [0.15, 0.2) is 48.5 Å². The molecule has 0 aromatic heterocycles. The Balaban J connectivity index is 1.96. The summed E-state index contributed by atoms with van der Waals surface area (Å²) in [6.45, 7) is 4.56. The van der Waals surface area contributed by atoms with Crippen LogP contribution in [0.1, 0.15) is 19.4 Å². The minimum absolute atomic E-state index is 0.0187. The molecule has 4 nitrogen and oxygen atoms in total. The van der Waals surface area contributed by atoms with Gasteiger partial charge in [-0.3, -0.25) is 4.79 Å². The molecule has 0 aliphatic carbocycles. The quantitative estimate of drug-likeness (QED) is 0.765. The number of alkyl halides is 3. The highest BCUT2D eigenvalue weighted by Gasteiger charge is 2.30. The zero-order valence-corrected chi connectivity index (χ0v) is 14.5. The monoisotopic (exact) mass is 367 g/mol. The average molecular weight is 367 g/mol. The third kappa shape index (κ3) is 6.66. The van der Waals surface area contributed by atoms with Gasteiger partial charge in [0.05, 0.1) is 18.7 Å². The van der Waals surface area contributed by atoms with Crippen LogP contribution in [0.25, 0.3) is 0 Å². The van der Waals surface area contributed by atoms with Gasteiger partial charge in [-0.05, 0) is 35.7 Å². The first kappa shape index (κ1) is 19.6. The predicted octanol–water partition coefficient (Wildman–Crippen LogP) is 4.80. The molecule has 1 amide bonds. The Bertz CT molecular complexity index is 728. The minimum atomic E-state index is -4.74. The number of rotatable bonds is 7. The zero-order valence-electron chi connectivity index (χ0n) is 14.5. The Labute approximate surface area is 149 Å². The van der Waals surface area contributed by atoms with Crippen LogP contribution in [-0.4, -0.2) is 18.9 Å². The fourth-order valence-corrected chi connectivity index (χ4v) is 2.14. The Morgan fingerprint density at radius 2 is 1.73 bits per heavy atom. The Kier molecular flexibility index (Phi) is 6.49. The molecule has 0 aliphatic rings. The molecule has 0 aliphatic heterocycles. The molecular formula is C19H20F3NO3. The van der Waals surface area contributed by atoms with Crippen molar-refractivity contribution in [1.82, 2.24) is 0 Å². The van der Waals surface area contributed by atoms with Crippen molar-refractivity contribution >= 4 is 11.6 Å². The zero-order chi connectivity index (χ0) is 19.2. The molecule has 0 radical (unpaired) electrons. The van der Waals surface area contributed by atoms with Crippen molar-refractivity contribution < 1.29 is 27.4 Å². The van der Waals surface area contributed by atoms with Gasteiger partial charge in [0, 0.05) is 0 Å². The van der Waals surface area contributed by atoms with Crippen LogP contribution in [0.2, 0.25) is 0 Å². The first-order chi connectivity index (χ1) is 12.2. The number of nitrogens with one attached hydrogen (secondary N) is 1. The highest BCUT2D eigenvalue weighted by molar-refractivity contribution is 5.93. The summed E-state index contributed by atoms with van der Waals surface area (Å²) < 4.78 is 45.9. The van der Waals surface area contributed by atoms with E-state index >= 15 is 0 Å². The van der Waals surface area contributed by atoms with E-state index in [2.05, 4.69) is 10.1 Å². The number of hydrogen-bond acceptors (Lipinski definition) is 3. The second kappa shape index (κ2) is 8.60. The summed E-state index contributed by atoms with van der Waals surface area (Å²) in [6, 6.07) is 12.3. The van der Waals surface area contributed by atoms with E-state index in [1.54, 1.807) is 18.2 Å². The number of anilines is 1. The Morgan fingerprint density at radius 3 is 2.35 bits per heavy atom. The van der Waals surface area contributed by atoms with E-state index in [4.69, 9.17) is 4.74 Å². The molecular weight excluding hydrogens is 347 g/mol. The number of para-hydroxylation sites is 2. The van der Waals surface area contributed by atoms with E-state index in [0.717, 1.165) is 0 Å². The number of amides is 1. The Hall–Kier alpha value is -2.70. The van der Waals surface area contributed by atoms with Gasteiger partial charge in [0.15, 0.2) is 0 Å². The van der Waals surface area contributed by atoms with Gasteiger partial charge in [-0.15, -0.1) is 13.2 Å². The lowest BCUT2D eigenvalue weighted by Crippen LogP contribution is -2.17. The van der Waals surface area contributed by atoms with E-state index in [9.17, 15) is 18.0 Å². The first-order valence-electron chi connectivity index (χ1n) is 8.09. The number of carbonyl (C=O) groups is 1. The average Bonchev–Trinajstić information content (AvgIpc) is 2.54. The maximum absolute atomic E-state index is 12.2. The first-order valence-corrected chi connectivity index (χ1v) is 8.09. The predicted molar refractivity (Wildman–Crippen MR) is 92.2 cm³/mol. The van der Waals surface area contributed by atoms with Gasteiger partial charge >= 0.3 is 6.36 Å². The van der Waals surface area contributed by atoms with Gasteiger partial charge in [-0.25, -0.2) is 0 Å². The highest BCUT2D eigenvalue weighted by Crippen LogP contribution is 2.25. The van der Waals surface area contributed by atoms with Crippen LogP contribution in [0, 0.1) is 5.92 Å². The smallest absolute Gasteiger partial charge is 0.491 e. The van der Waals surface area contributed by atoms with E-state index in [0.29, 0.717) is 29.5 Å². The third-order valence-electron chi connectivity index (χ3n) is 3.25. The molecule has 0 unspecified atom stereocenters. The molecule has 2 aromatic rings. The van der Waals surface area contributed by atoms with E-state index < -0.39 is 6.36 Å². The lowest BCUT2D eigenvalue weighted by molar-refractivity contribution is -0.274. The highest BCUT2D eigenvalue weighted by atomic mass is 19.4. The van der Waals surface area contributed by atoms with Gasteiger partial charge in [-0.1, -0.05) is 38.1 Å². The normalized spacial score (nSPS) is 11.3. The fraction of sp³-hybridized carbons (Fsp3) is 0.316. The molecule has 0 spiro atoms. The maximum Gasteiger partial charge on any atom is 0.573 e. The standard InChI is InChI=1S/C19H20F3NO3/c1-13(2)12-25-17-6-4-3-5-16(17)23-18(24)11-14-7-9-15(10-8-14)26-19(20,21)22/h3-10,13H,11-12H2,1-2H3,(H,23,24). The molecule has 1 N–H and O–H groups in total. The van der Waals surface area contributed by atoms with Crippen molar-refractivity contribution in [2.45, 2.75) is 26.6 Å². The number of carbonyl (C=O) groups excluding carboxylic acids is 1. The number of ether oxygens (including phenoxy) is 2. The number of benzene rings is 2. The second-order valence-electron chi connectivity index (χ2n) is 6.12. The van der Waals surface area contributed by atoms with Crippen molar-refractivity contribution in [2.24, 2.45) is 5.92 Å². The van der Waals surface area contributed by atoms with Gasteiger partial charge in [0.2, 0.25) is 5.91 Å². The van der Waals surface area contributed by atoms with E-state index in [-0.39, 0.29) is 18.1 Å². The lowest BCUT2D eigenvalue weighted by atomic mass is 10.1. The molecule has 0 saturated carbocycles. The summed E-state index contributed by atoms with van der Waals surface area (Å²) in [5.74, 6) is 0.295. The molecule has 0 atom stereocenters. The van der Waals surface area contributed by atoms with Gasteiger partial charge in [-0.2, -0.15) is 0 Å². The van der Waals surface area contributed by atoms with Gasteiger partial charge in [0.25, 0.3) is 0 Å². The molecule has 0 heterocycles. The molecule has 26 heavy (non-hydrogen) atoms. The van der Waals surface area contributed by atoms with Crippen LogP contribution in [0.4, 0.5) is 18.9 Å². The van der Waals surface area contributed by atoms with Crippen LogP contribution < -0.4 is 14.8 Å². The van der Waals surface area contributed by atoms with Crippen LogP contribution >= 0.6 is 0 Å². The molecule has 2 aromatic carbocycles. The van der Waals surface area contributed by atoms with Crippen LogP contribution in [0.3, 0.4) is 0 Å². The summed E-state index contributed by atoms with van der Waals surface area (Å²) in [4.78, 5) is 12.2. The van der Waals surface area contributed by atoms with Crippen molar-refractivity contribution in [3.63, 3.8) is 0 Å². The molecule has 0 saturated heterocycles. The molecule has 2 rings (SSSR count). The topological polar surface area (TPSA) is 47.6 Å². The SMILES string of the molecule is CC(C)COc1ccccc1NC(=O)Cc1ccc(OC(F)(F)F)cc1. The molecule has 0 bridgehead atoms. The second-order valence-corrected chi connectivity index (χ2v) is 6.12.